The number of carbonyl (C=O) groups is 2. The summed E-state index contributed by atoms with van der Waals surface area (Å²) in [7, 11) is 0. The number of rotatable bonds is 1. The Morgan fingerprint density at radius 3 is 2.17 bits per heavy atom. The first-order chi connectivity index (χ1) is 11.0. The standard InChI is InChI=1S/C17H15Cl4NO2/c1-16(2,3)17(21)13(20)12(10(18)11(19)14(17)23)22-15(24)9-7-5-4-6-8-9/h4-8,13H,1-3H3/t13-,17+/m1/s1. The quantitative estimate of drug-likeness (QED) is 0.603. The maximum absolute atomic E-state index is 12.6. The van der Waals surface area contributed by atoms with Gasteiger partial charge in [0.15, 0.2) is 5.78 Å². The summed E-state index contributed by atoms with van der Waals surface area (Å²) >= 11 is 25.2. The summed E-state index contributed by atoms with van der Waals surface area (Å²) in [6, 6.07) is 8.42. The van der Waals surface area contributed by atoms with E-state index < -0.39 is 27.4 Å². The Hall–Kier alpha value is -0.870. The van der Waals surface area contributed by atoms with Crippen molar-refractivity contribution in [2.45, 2.75) is 31.0 Å². The van der Waals surface area contributed by atoms with Crippen molar-refractivity contribution in [3.05, 3.63) is 46.0 Å². The molecule has 0 aliphatic heterocycles. The summed E-state index contributed by atoms with van der Waals surface area (Å²) in [4.78, 5) is 27.4. The molecule has 2 rings (SSSR count). The molecule has 0 aromatic heterocycles. The summed E-state index contributed by atoms with van der Waals surface area (Å²) < 4.78 is 0. The maximum atomic E-state index is 12.6. The molecule has 1 aromatic rings. The third-order valence-electron chi connectivity index (χ3n) is 3.87. The zero-order chi connectivity index (χ0) is 18.3. The van der Waals surface area contributed by atoms with Crippen molar-refractivity contribution in [2.24, 2.45) is 10.4 Å². The summed E-state index contributed by atoms with van der Waals surface area (Å²) in [5.41, 5.74) is -0.379. The van der Waals surface area contributed by atoms with Crippen LogP contribution in [0.15, 0.2) is 45.4 Å². The molecule has 1 aromatic carbocycles. The number of halogens is 4. The van der Waals surface area contributed by atoms with Gasteiger partial charge in [-0.05, 0) is 17.5 Å². The lowest BCUT2D eigenvalue weighted by Gasteiger charge is -2.43. The molecule has 1 amide bonds. The van der Waals surface area contributed by atoms with Gasteiger partial charge in [-0.25, -0.2) is 4.99 Å². The number of ketones is 1. The Labute approximate surface area is 160 Å². The Morgan fingerprint density at radius 1 is 1.12 bits per heavy atom. The summed E-state index contributed by atoms with van der Waals surface area (Å²) in [5, 5.41) is -1.51. The van der Waals surface area contributed by atoms with Gasteiger partial charge in [0, 0.05) is 5.56 Å². The van der Waals surface area contributed by atoms with Crippen LogP contribution in [-0.2, 0) is 4.79 Å². The molecule has 0 saturated carbocycles. The SMILES string of the molecule is CC(C)(C)[C@@]1(Cl)C(=O)C(Cl)=C(Cl)C(=NC(=O)c2ccccc2)[C@H]1Cl. The lowest BCUT2D eigenvalue weighted by Crippen LogP contribution is -2.57. The summed E-state index contributed by atoms with van der Waals surface area (Å²) in [5.74, 6) is -1.12. The van der Waals surface area contributed by atoms with Gasteiger partial charge in [0.2, 0.25) is 0 Å². The van der Waals surface area contributed by atoms with Crippen LogP contribution in [0.1, 0.15) is 31.1 Å². The topological polar surface area (TPSA) is 46.5 Å². The third-order valence-corrected chi connectivity index (χ3v) is 6.31. The second-order valence-electron chi connectivity index (χ2n) is 6.45. The number of alkyl halides is 2. The molecule has 0 radical (unpaired) electrons. The minimum absolute atomic E-state index is 0.00158. The molecular weight excluding hydrogens is 392 g/mol. The lowest BCUT2D eigenvalue weighted by atomic mass is 9.71. The van der Waals surface area contributed by atoms with E-state index in [2.05, 4.69) is 4.99 Å². The van der Waals surface area contributed by atoms with E-state index in [9.17, 15) is 9.59 Å². The molecule has 1 aliphatic carbocycles. The van der Waals surface area contributed by atoms with E-state index in [0.29, 0.717) is 5.56 Å². The van der Waals surface area contributed by atoms with E-state index in [4.69, 9.17) is 46.4 Å². The number of benzene rings is 1. The molecule has 0 bridgehead atoms. The van der Waals surface area contributed by atoms with Gasteiger partial charge in [0.1, 0.15) is 15.3 Å². The minimum atomic E-state index is -1.57. The molecule has 0 spiro atoms. The van der Waals surface area contributed by atoms with Crippen LogP contribution < -0.4 is 0 Å². The van der Waals surface area contributed by atoms with Crippen LogP contribution in [0.4, 0.5) is 0 Å². The van der Waals surface area contributed by atoms with Crippen LogP contribution >= 0.6 is 46.4 Å². The normalized spacial score (nSPS) is 26.9. The number of allylic oxidation sites excluding steroid dienone is 2. The predicted octanol–water partition coefficient (Wildman–Crippen LogP) is 5.17. The number of Topliss-reactive ketones (excluding diaryl/α,β-unsaturated/α-hetero) is 1. The molecule has 7 heteroatoms. The second-order valence-corrected chi connectivity index (χ2v) is 8.24. The average molecular weight is 407 g/mol. The Kier molecular flexibility index (Phi) is 5.51. The largest absolute Gasteiger partial charge is 0.291 e. The predicted molar refractivity (Wildman–Crippen MR) is 99.6 cm³/mol. The highest BCUT2D eigenvalue weighted by atomic mass is 35.5. The monoisotopic (exact) mass is 405 g/mol. The Morgan fingerprint density at radius 2 is 1.67 bits per heavy atom. The molecule has 2 atom stereocenters. The van der Waals surface area contributed by atoms with Gasteiger partial charge in [-0.1, -0.05) is 62.2 Å². The lowest BCUT2D eigenvalue weighted by molar-refractivity contribution is -0.119. The van der Waals surface area contributed by atoms with Crippen molar-refractivity contribution in [2.75, 3.05) is 0 Å². The van der Waals surface area contributed by atoms with Crippen LogP contribution in [0.5, 0.6) is 0 Å². The highest BCUT2D eigenvalue weighted by molar-refractivity contribution is 6.65. The van der Waals surface area contributed by atoms with Crippen LogP contribution in [0.2, 0.25) is 0 Å². The maximum Gasteiger partial charge on any atom is 0.277 e. The number of hydrogen-bond donors (Lipinski definition) is 0. The Balaban J connectivity index is 2.59. The molecule has 0 saturated heterocycles. The smallest absolute Gasteiger partial charge is 0.277 e. The second kappa shape index (κ2) is 6.80. The van der Waals surface area contributed by atoms with Crippen molar-refractivity contribution in [1.29, 1.82) is 0 Å². The van der Waals surface area contributed by atoms with Gasteiger partial charge in [-0.3, -0.25) is 9.59 Å². The fourth-order valence-electron chi connectivity index (χ4n) is 2.37. The summed E-state index contributed by atoms with van der Waals surface area (Å²) in [6.45, 7) is 5.27. The number of amides is 1. The number of carbonyl (C=O) groups excluding carboxylic acids is 2. The summed E-state index contributed by atoms with van der Waals surface area (Å²) in [6.07, 6.45) is 0. The van der Waals surface area contributed by atoms with Gasteiger partial charge in [0.05, 0.1) is 10.7 Å². The molecular formula is C17H15Cl4NO2. The number of nitrogens with zero attached hydrogens (tertiary/aromatic N) is 1. The fraction of sp³-hybridized carbons (Fsp3) is 0.353. The van der Waals surface area contributed by atoms with Crippen molar-refractivity contribution in [1.82, 2.24) is 0 Å². The van der Waals surface area contributed by atoms with Gasteiger partial charge in [0.25, 0.3) is 5.91 Å². The first-order valence-corrected chi connectivity index (χ1v) is 8.70. The molecule has 0 unspecified atom stereocenters. The highest BCUT2D eigenvalue weighted by Crippen LogP contribution is 2.49. The number of aliphatic imine (C=N–C) groups is 1. The molecule has 0 fully saturated rings. The van der Waals surface area contributed by atoms with Gasteiger partial charge >= 0.3 is 0 Å². The van der Waals surface area contributed by atoms with E-state index in [1.807, 2.05) is 0 Å². The molecule has 3 nitrogen and oxygen atoms in total. The molecule has 24 heavy (non-hydrogen) atoms. The van der Waals surface area contributed by atoms with Crippen molar-refractivity contribution < 1.29 is 9.59 Å². The fourth-order valence-corrected chi connectivity index (χ4v) is 3.74. The van der Waals surface area contributed by atoms with Crippen molar-refractivity contribution in [3.63, 3.8) is 0 Å². The van der Waals surface area contributed by atoms with E-state index in [-0.39, 0.29) is 15.8 Å². The average Bonchev–Trinajstić information content (AvgIpc) is 2.54. The molecule has 0 N–H and O–H groups in total. The first-order valence-electron chi connectivity index (χ1n) is 7.13. The van der Waals surface area contributed by atoms with Crippen LogP contribution in [-0.4, -0.2) is 27.7 Å². The zero-order valence-electron chi connectivity index (χ0n) is 13.2. The van der Waals surface area contributed by atoms with E-state index in [1.165, 1.54) is 0 Å². The first kappa shape index (κ1) is 19.5. The van der Waals surface area contributed by atoms with Gasteiger partial charge in [-0.2, -0.15) is 0 Å². The van der Waals surface area contributed by atoms with Crippen LogP contribution in [0.3, 0.4) is 0 Å². The van der Waals surface area contributed by atoms with E-state index in [0.717, 1.165) is 0 Å². The van der Waals surface area contributed by atoms with Crippen molar-refractivity contribution >= 4 is 63.8 Å². The van der Waals surface area contributed by atoms with E-state index >= 15 is 0 Å². The molecule has 128 valence electrons. The van der Waals surface area contributed by atoms with Crippen LogP contribution in [0, 0.1) is 5.41 Å². The van der Waals surface area contributed by atoms with Crippen LogP contribution in [0.25, 0.3) is 0 Å². The van der Waals surface area contributed by atoms with E-state index in [1.54, 1.807) is 51.1 Å². The van der Waals surface area contributed by atoms with Crippen molar-refractivity contribution in [3.8, 4) is 0 Å². The van der Waals surface area contributed by atoms with Gasteiger partial charge < -0.3 is 0 Å². The number of hydrogen-bond acceptors (Lipinski definition) is 2. The molecule has 0 heterocycles. The zero-order valence-corrected chi connectivity index (χ0v) is 16.3. The van der Waals surface area contributed by atoms with Gasteiger partial charge in [-0.15, -0.1) is 23.2 Å². The molecule has 1 aliphatic rings. The minimum Gasteiger partial charge on any atom is -0.291 e. The third kappa shape index (κ3) is 3.15. The Bertz CT molecular complexity index is 750. The highest BCUT2D eigenvalue weighted by Gasteiger charge is 2.58.